The predicted molar refractivity (Wildman–Crippen MR) is 229 cm³/mol. The molecule has 3 heteroatoms. The first-order valence-corrected chi connectivity index (χ1v) is 18.7. The van der Waals surface area contributed by atoms with Gasteiger partial charge in [-0.2, -0.15) is 0 Å². The standard InChI is InChI=1S/C52H33NO2/c1-2-14-34(15-3-1)39-19-6-9-25-47(39)53(38-18-12-17-36(32-38)42-23-13-24-44-43-22-8-11-27-49(43)54-52(42)44)48-26-10-7-20-40(48)37-29-31-50-46(33-37)45-30-28-35-16-4-5-21-41(35)51(45)55-50/h1-33H. The molecule has 0 radical (unpaired) electrons. The van der Waals surface area contributed by atoms with Gasteiger partial charge in [-0.3, -0.25) is 0 Å². The topological polar surface area (TPSA) is 29.5 Å². The third kappa shape index (κ3) is 5.13. The smallest absolute Gasteiger partial charge is 0.143 e. The van der Waals surface area contributed by atoms with E-state index in [4.69, 9.17) is 8.83 Å². The normalized spacial score (nSPS) is 11.6. The highest BCUT2D eigenvalue weighted by atomic mass is 16.3. The zero-order valence-corrected chi connectivity index (χ0v) is 29.8. The fourth-order valence-electron chi connectivity index (χ4n) is 8.31. The van der Waals surface area contributed by atoms with Crippen molar-refractivity contribution in [1.82, 2.24) is 0 Å². The van der Waals surface area contributed by atoms with E-state index in [9.17, 15) is 0 Å². The van der Waals surface area contributed by atoms with E-state index in [2.05, 4.69) is 193 Å². The quantitative estimate of drug-likeness (QED) is 0.173. The minimum Gasteiger partial charge on any atom is -0.455 e. The van der Waals surface area contributed by atoms with Crippen LogP contribution in [0.1, 0.15) is 0 Å². The molecule has 258 valence electrons. The van der Waals surface area contributed by atoms with E-state index in [-0.39, 0.29) is 0 Å². The van der Waals surface area contributed by atoms with Crippen LogP contribution in [0, 0.1) is 0 Å². The minimum atomic E-state index is 0.881. The molecule has 0 saturated heterocycles. The van der Waals surface area contributed by atoms with Crippen LogP contribution in [0.4, 0.5) is 17.1 Å². The van der Waals surface area contributed by atoms with E-state index in [1.807, 2.05) is 12.1 Å². The van der Waals surface area contributed by atoms with Gasteiger partial charge in [0.2, 0.25) is 0 Å². The van der Waals surface area contributed by atoms with E-state index < -0.39 is 0 Å². The van der Waals surface area contributed by atoms with Crippen LogP contribution in [-0.4, -0.2) is 0 Å². The van der Waals surface area contributed by atoms with Crippen LogP contribution in [0.2, 0.25) is 0 Å². The number of fused-ring (bicyclic) bond motifs is 8. The number of hydrogen-bond donors (Lipinski definition) is 0. The summed E-state index contributed by atoms with van der Waals surface area (Å²) < 4.78 is 13.0. The lowest BCUT2D eigenvalue weighted by molar-refractivity contribution is 0.670. The van der Waals surface area contributed by atoms with Gasteiger partial charge < -0.3 is 13.7 Å². The molecular weight excluding hydrogens is 671 g/mol. The fraction of sp³-hybridized carbons (Fsp3) is 0. The van der Waals surface area contributed by atoms with Gasteiger partial charge in [0.1, 0.15) is 22.3 Å². The number of nitrogens with zero attached hydrogens (tertiary/aromatic N) is 1. The van der Waals surface area contributed by atoms with Gasteiger partial charge in [0.15, 0.2) is 0 Å². The zero-order valence-electron chi connectivity index (χ0n) is 29.8. The van der Waals surface area contributed by atoms with Gasteiger partial charge in [-0.25, -0.2) is 0 Å². The van der Waals surface area contributed by atoms with Crippen LogP contribution in [-0.2, 0) is 0 Å². The number of furan rings is 2. The largest absolute Gasteiger partial charge is 0.455 e. The van der Waals surface area contributed by atoms with Crippen molar-refractivity contribution in [3.05, 3.63) is 200 Å². The lowest BCUT2D eigenvalue weighted by Gasteiger charge is -2.30. The third-order valence-electron chi connectivity index (χ3n) is 10.9. The number of anilines is 3. The molecule has 11 rings (SSSR count). The second-order valence-electron chi connectivity index (χ2n) is 14.0. The van der Waals surface area contributed by atoms with Gasteiger partial charge in [-0.1, -0.05) is 152 Å². The van der Waals surface area contributed by atoms with Crippen molar-refractivity contribution in [3.8, 4) is 33.4 Å². The van der Waals surface area contributed by atoms with Crippen molar-refractivity contribution in [2.45, 2.75) is 0 Å². The average Bonchev–Trinajstić information content (AvgIpc) is 3.83. The molecule has 0 saturated carbocycles. The molecule has 0 aliphatic carbocycles. The molecule has 0 fully saturated rings. The summed E-state index contributed by atoms with van der Waals surface area (Å²) in [5, 5.41) is 6.76. The van der Waals surface area contributed by atoms with Crippen molar-refractivity contribution in [1.29, 1.82) is 0 Å². The van der Waals surface area contributed by atoms with Crippen LogP contribution in [0.5, 0.6) is 0 Å². The highest BCUT2D eigenvalue weighted by molar-refractivity contribution is 6.16. The first kappa shape index (κ1) is 31.2. The number of rotatable bonds is 6. The maximum Gasteiger partial charge on any atom is 0.143 e. The van der Waals surface area contributed by atoms with E-state index in [0.717, 1.165) is 99.7 Å². The highest BCUT2D eigenvalue weighted by Gasteiger charge is 2.22. The molecular formula is C52H33NO2. The van der Waals surface area contributed by atoms with Crippen molar-refractivity contribution in [2.24, 2.45) is 0 Å². The fourth-order valence-corrected chi connectivity index (χ4v) is 8.31. The Hall–Kier alpha value is -7.36. The highest BCUT2D eigenvalue weighted by Crippen LogP contribution is 2.47. The summed E-state index contributed by atoms with van der Waals surface area (Å²) in [5.74, 6) is 0. The van der Waals surface area contributed by atoms with E-state index in [1.54, 1.807) is 0 Å². The van der Waals surface area contributed by atoms with Crippen molar-refractivity contribution in [3.63, 3.8) is 0 Å². The first-order chi connectivity index (χ1) is 27.3. The Morgan fingerprint density at radius 2 is 0.891 bits per heavy atom. The molecule has 55 heavy (non-hydrogen) atoms. The Morgan fingerprint density at radius 3 is 1.75 bits per heavy atom. The van der Waals surface area contributed by atoms with E-state index in [1.165, 1.54) is 5.39 Å². The molecule has 9 aromatic carbocycles. The van der Waals surface area contributed by atoms with Crippen LogP contribution in [0.3, 0.4) is 0 Å². The van der Waals surface area contributed by atoms with Crippen molar-refractivity contribution < 1.29 is 8.83 Å². The summed E-state index contributed by atoms with van der Waals surface area (Å²) in [5.41, 5.74) is 13.5. The molecule has 3 nitrogen and oxygen atoms in total. The van der Waals surface area contributed by atoms with Crippen LogP contribution >= 0.6 is 0 Å². The Bertz CT molecular complexity index is 3220. The molecule has 11 aromatic rings. The molecule has 0 atom stereocenters. The molecule has 0 N–H and O–H groups in total. The number of benzene rings is 9. The van der Waals surface area contributed by atoms with Gasteiger partial charge in [0.05, 0.1) is 11.4 Å². The monoisotopic (exact) mass is 703 g/mol. The minimum absolute atomic E-state index is 0.881. The SMILES string of the molecule is c1ccc(-c2ccccc2N(c2cccc(-c3cccc4c3oc3ccccc34)c2)c2ccccc2-c2ccc3oc4c5ccccc5ccc4c3c2)cc1. The van der Waals surface area contributed by atoms with Crippen LogP contribution < -0.4 is 4.90 Å². The van der Waals surface area contributed by atoms with Gasteiger partial charge in [-0.05, 0) is 70.6 Å². The Labute approximate surface area is 317 Å². The lowest BCUT2D eigenvalue weighted by Crippen LogP contribution is -2.12. The van der Waals surface area contributed by atoms with Crippen LogP contribution in [0.25, 0.3) is 88.0 Å². The summed E-state index contributed by atoms with van der Waals surface area (Å²) >= 11 is 0. The Morgan fingerprint density at radius 1 is 0.309 bits per heavy atom. The maximum atomic E-state index is 6.52. The van der Waals surface area contributed by atoms with Gasteiger partial charge >= 0.3 is 0 Å². The zero-order chi connectivity index (χ0) is 36.3. The molecule has 0 spiro atoms. The lowest BCUT2D eigenvalue weighted by atomic mass is 9.97. The Balaban J connectivity index is 1.13. The third-order valence-corrected chi connectivity index (χ3v) is 10.9. The van der Waals surface area contributed by atoms with Gasteiger partial charge in [-0.15, -0.1) is 0 Å². The Kier molecular flexibility index (Phi) is 7.17. The van der Waals surface area contributed by atoms with Crippen molar-refractivity contribution >= 4 is 71.7 Å². The number of para-hydroxylation sites is 4. The van der Waals surface area contributed by atoms with Gasteiger partial charge in [0.25, 0.3) is 0 Å². The molecule has 2 aromatic heterocycles. The van der Waals surface area contributed by atoms with Crippen molar-refractivity contribution in [2.75, 3.05) is 4.90 Å². The summed E-state index contributed by atoms with van der Waals surface area (Å²) in [6, 6.07) is 71.0. The summed E-state index contributed by atoms with van der Waals surface area (Å²) in [7, 11) is 0. The van der Waals surface area contributed by atoms with E-state index >= 15 is 0 Å². The van der Waals surface area contributed by atoms with Crippen LogP contribution in [0.15, 0.2) is 209 Å². The second kappa shape index (κ2) is 12.6. The average molecular weight is 704 g/mol. The summed E-state index contributed by atoms with van der Waals surface area (Å²) in [6.45, 7) is 0. The van der Waals surface area contributed by atoms with Gasteiger partial charge in [0, 0.05) is 49.3 Å². The predicted octanol–water partition coefficient (Wildman–Crippen LogP) is 15.1. The maximum absolute atomic E-state index is 6.52. The number of hydrogen-bond acceptors (Lipinski definition) is 3. The molecule has 0 amide bonds. The van der Waals surface area contributed by atoms with E-state index in [0.29, 0.717) is 0 Å². The summed E-state index contributed by atoms with van der Waals surface area (Å²) in [6.07, 6.45) is 0. The molecule has 0 aliphatic rings. The molecule has 0 bridgehead atoms. The molecule has 0 unspecified atom stereocenters. The molecule has 2 heterocycles. The second-order valence-corrected chi connectivity index (χ2v) is 14.0. The summed E-state index contributed by atoms with van der Waals surface area (Å²) in [4.78, 5) is 2.41. The molecule has 0 aliphatic heterocycles. The first-order valence-electron chi connectivity index (χ1n) is 18.7.